The van der Waals surface area contributed by atoms with Crippen LogP contribution < -0.4 is 4.90 Å². The molecule has 0 radical (unpaired) electrons. The lowest BCUT2D eigenvalue weighted by Crippen LogP contribution is -2.51. The minimum absolute atomic E-state index is 0.227. The second-order valence-electron chi connectivity index (χ2n) is 10.8. The van der Waals surface area contributed by atoms with Crippen LogP contribution in [0.3, 0.4) is 0 Å². The molecule has 4 aliphatic rings. The summed E-state index contributed by atoms with van der Waals surface area (Å²) in [6, 6.07) is 8.91. The van der Waals surface area contributed by atoms with Crippen LogP contribution in [-0.2, 0) is 4.79 Å². The van der Waals surface area contributed by atoms with Crippen LogP contribution in [0.5, 0.6) is 0 Å². The first-order valence-corrected chi connectivity index (χ1v) is 12.2. The molecular formula is C29H35NO2. The second kappa shape index (κ2) is 7.63. The fourth-order valence-corrected chi connectivity index (χ4v) is 7.40. The number of aliphatic hydroxyl groups is 1. The molecule has 0 heterocycles. The summed E-state index contributed by atoms with van der Waals surface area (Å²) in [7, 11) is 4.17. The van der Waals surface area contributed by atoms with Gasteiger partial charge < -0.3 is 10.0 Å². The molecule has 0 spiro atoms. The van der Waals surface area contributed by atoms with Gasteiger partial charge in [-0.1, -0.05) is 30.6 Å². The van der Waals surface area contributed by atoms with Crippen LogP contribution in [0.4, 0.5) is 5.69 Å². The van der Waals surface area contributed by atoms with Crippen molar-refractivity contribution in [1.29, 1.82) is 0 Å². The van der Waals surface area contributed by atoms with Gasteiger partial charge in [0.15, 0.2) is 5.78 Å². The molecule has 168 valence electrons. The molecule has 2 fully saturated rings. The summed E-state index contributed by atoms with van der Waals surface area (Å²) in [5.41, 5.74) is 5.71. The Morgan fingerprint density at radius 2 is 1.97 bits per heavy atom. The van der Waals surface area contributed by atoms with Crippen LogP contribution in [0.25, 0.3) is 0 Å². The van der Waals surface area contributed by atoms with E-state index in [1.165, 1.54) is 22.4 Å². The molecule has 1 N–H and O–H groups in total. The number of hydrogen-bond donors (Lipinski definition) is 1. The van der Waals surface area contributed by atoms with Crippen LogP contribution >= 0.6 is 0 Å². The minimum Gasteiger partial charge on any atom is -0.378 e. The van der Waals surface area contributed by atoms with Crippen LogP contribution in [0, 0.1) is 29.1 Å². The maximum absolute atomic E-state index is 12.2. The molecule has 0 aromatic heterocycles. The van der Waals surface area contributed by atoms with Crippen molar-refractivity contribution in [1.82, 2.24) is 0 Å². The summed E-state index contributed by atoms with van der Waals surface area (Å²) in [4.78, 5) is 14.3. The summed E-state index contributed by atoms with van der Waals surface area (Å²) in [5.74, 6) is 7.75. The highest BCUT2D eigenvalue weighted by atomic mass is 16.3. The number of carbonyl (C=O) groups excluding carboxylic acids is 1. The number of nitrogens with zero attached hydrogens (tertiary/aromatic N) is 1. The van der Waals surface area contributed by atoms with E-state index < -0.39 is 5.60 Å². The number of ketones is 1. The summed E-state index contributed by atoms with van der Waals surface area (Å²) >= 11 is 0. The molecule has 1 aromatic carbocycles. The van der Waals surface area contributed by atoms with Crippen molar-refractivity contribution in [3.8, 4) is 11.8 Å². The summed E-state index contributed by atoms with van der Waals surface area (Å²) in [6.45, 7) is 4.15. The predicted molar refractivity (Wildman–Crippen MR) is 129 cm³/mol. The molecule has 3 unspecified atom stereocenters. The van der Waals surface area contributed by atoms with Crippen molar-refractivity contribution in [2.45, 2.75) is 70.3 Å². The third-order valence-corrected chi connectivity index (χ3v) is 9.01. The minimum atomic E-state index is -0.918. The van der Waals surface area contributed by atoms with Gasteiger partial charge in [0, 0.05) is 37.5 Å². The van der Waals surface area contributed by atoms with Gasteiger partial charge in [0.25, 0.3) is 0 Å². The molecule has 0 saturated heterocycles. The van der Waals surface area contributed by atoms with E-state index >= 15 is 0 Å². The van der Waals surface area contributed by atoms with Crippen LogP contribution in [0.2, 0.25) is 0 Å². The lowest BCUT2D eigenvalue weighted by Gasteiger charge is -2.53. The van der Waals surface area contributed by atoms with Gasteiger partial charge >= 0.3 is 0 Å². The summed E-state index contributed by atoms with van der Waals surface area (Å²) < 4.78 is 0. The molecule has 0 bridgehead atoms. The van der Waals surface area contributed by atoms with Crippen LogP contribution in [-0.4, -0.2) is 30.6 Å². The molecular weight excluding hydrogens is 394 g/mol. The van der Waals surface area contributed by atoms with E-state index in [0.717, 1.165) is 38.5 Å². The lowest BCUT2D eigenvalue weighted by atomic mass is 9.51. The maximum atomic E-state index is 12.2. The molecule has 1 aromatic rings. The highest BCUT2D eigenvalue weighted by Crippen LogP contribution is 2.66. The Bertz CT molecular complexity index is 1080. The molecule has 32 heavy (non-hydrogen) atoms. The Morgan fingerprint density at radius 1 is 1.16 bits per heavy atom. The van der Waals surface area contributed by atoms with Gasteiger partial charge in [0.2, 0.25) is 0 Å². The zero-order chi connectivity index (χ0) is 22.7. The second-order valence-corrected chi connectivity index (χ2v) is 10.8. The molecule has 5 atom stereocenters. The fraction of sp³-hybridized carbons (Fsp3) is 0.552. The zero-order valence-corrected chi connectivity index (χ0v) is 19.9. The standard InChI is InChI=1S/C29H35NO2/c1-5-14-29(32)15-13-26-24-11-9-20-17-22(31)10-12-23(20)27(24)25(18-28(26,29)2)19-7-6-8-21(16-19)30(3)4/h6-8,16-17,24-26,32H,9-13,15,18H2,1-4H3/t24?,25?,26?,28-,29-/m0/s1. The van der Waals surface area contributed by atoms with Crippen molar-refractivity contribution in [3.63, 3.8) is 0 Å². The van der Waals surface area contributed by atoms with Gasteiger partial charge in [0.1, 0.15) is 5.60 Å². The number of carbonyl (C=O) groups is 1. The van der Waals surface area contributed by atoms with E-state index in [0.29, 0.717) is 18.3 Å². The van der Waals surface area contributed by atoms with E-state index in [9.17, 15) is 9.90 Å². The van der Waals surface area contributed by atoms with Gasteiger partial charge in [-0.15, -0.1) is 5.92 Å². The predicted octanol–water partition coefficient (Wildman–Crippen LogP) is 5.41. The number of allylic oxidation sites excluding steroid dienone is 4. The third kappa shape index (κ3) is 3.11. The Labute approximate surface area is 192 Å². The lowest BCUT2D eigenvalue weighted by molar-refractivity contribution is -0.114. The van der Waals surface area contributed by atoms with Gasteiger partial charge in [-0.2, -0.15) is 0 Å². The van der Waals surface area contributed by atoms with Gasteiger partial charge in [-0.05, 0) is 92.2 Å². The quantitative estimate of drug-likeness (QED) is 0.640. The molecule has 5 rings (SSSR count). The fourth-order valence-electron chi connectivity index (χ4n) is 7.40. The van der Waals surface area contributed by atoms with Crippen LogP contribution in [0.15, 0.2) is 47.1 Å². The average Bonchev–Trinajstić information content (AvgIpc) is 3.03. The number of fused-ring (bicyclic) bond motifs is 4. The largest absolute Gasteiger partial charge is 0.378 e. The molecule has 2 saturated carbocycles. The SMILES string of the molecule is CC#C[C@]1(O)CCC2C3CCC4=CC(=O)CCC4=C3C(c3cccc(N(C)C)c3)C[C@@]21C. The summed E-state index contributed by atoms with van der Waals surface area (Å²) in [5, 5.41) is 11.8. The topological polar surface area (TPSA) is 40.5 Å². The molecule has 0 aliphatic heterocycles. The van der Waals surface area contributed by atoms with E-state index in [-0.39, 0.29) is 17.1 Å². The van der Waals surface area contributed by atoms with E-state index in [1.807, 2.05) is 13.0 Å². The molecule has 4 aliphatic carbocycles. The number of anilines is 1. The van der Waals surface area contributed by atoms with Gasteiger partial charge in [0.05, 0.1) is 0 Å². The first-order valence-electron chi connectivity index (χ1n) is 12.2. The Kier molecular flexibility index (Phi) is 5.13. The van der Waals surface area contributed by atoms with Gasteiger partial charge in [-0.3, -0.25) is 4.79 Å². The average molecular weight is 430 g/mol. The first-order chi connectivity index (χ1) is 15.3. The number of rotatable bonds is 2. The number of benzene rings is 1. The van der Waals surface area contributed by atoms with E-state index in [1.54, 1.807) is 5.57 Å². The monoisotopic (exact) mass is 429 g/mol. The molecule has 0 amide bonds. The van der Waals surface area contributed by atoms with Crippen molar-refractivity contribution >= 4 is 11.5 Å². The zero-order valence-electron chi connectivity index (χ0n) is 19.9. The van der Waals surface area contributed by atoms with Crippen molar-refractivity contribution < 1.29 is 9.90 Å². The van der Waals surface area contributed by atoms with Crippen molar-refractivity contribution in [3.05, 3.63) is 52.6 Å². The Balaban J connectivity index is 1.70. The van der Waals surface area contributed by atoms with E-state index in [4.69, 9.17) is 0 Å². The van der Waals surface area contributed by atoms with Crippen molar-refractivity contribution in [2.24, 2.45) is 17.3 Å². The molecule has 3 nitrogen and oxygen atoms in total. The smallest absolute Gasteiger partial charge is 0.156 e. The third-order valence-electron chi connectivity index (χ3n) is 9.01. The van der Waals surface area contributed by atoms with Crippen LogP contribution in [0.1, 0.15) is 70.3 Å². The highest BCUT2D eigenvalue weighted by molar-refractivity contribution is 5.93. The Hall–Kier alpha value is -2.31. The van der Waals surface area contributed by atoms with Gasteiger partial charge in [-0.25, -0.2) is 0 Å². The Morgan fingerprint density at radius 3 is 2.72 bits per heavy atom. The molecule has 3 heteroatoms. The summed E-state index contributed by atoms with van der Waals surface area (Å²) in [6.07, 6.45) is 8.22. The highest BCUT2D eigenvalue weighted by Gasteiger charge is 2.62. The number of hydrogen-bond acceptors (Lipinski definition) is 3. The van der Waals surface area contributed by atoms with Crippen molar-refractivity contribution in [2.75, 3.05) is 19.0 Å². The first kappa shape index (κ1) is 21.5. The maximum Gasteiger partial charge on any atom is 0.156 e. The van der Waals surface area contributed by atoms with E-state index in [2.05, 4.69) is 62.0 Å². The normalized spacial score (nSPS) is 35.8.